The number of cyclic esters (lactones) is 1. The smallest absolute Gasteiger partial charge is 0.312 e. The molecular formula is C25H24O7. The van der Waals surface area contributed by atoms with Crippen LogP contribution in [0.4, 0.5) is 0 Å². The number of ether oxygens (including phenoxy) is 4. The van der Waals surface area contributed by atoms with Crippen LogP contribution in [-0.2, 0) is 9.53 Å². The van der Waals surface area contributed by atoms with Crippen LogP contribution in [0.3, 0.4) is 0 Å². The van der Waals surface area contributed by atoms with Crippen LogP contribution in [0.1, 0.15) is 22.0 Å². The quantitative estimate of drug-likeness (QED) is 0.447. The van der Waals surface area contributed by atoms with E-state index >= 15 is 0 Å². The summed E-state index contributed by atoms with van der Waals surface area (Å²) >= 11 is 0. The van der Waals surface area contributed by atoms with Gasteiger partial charge in [0.1, 0.15) is 12.5 Å². The number of ketones is 1. The van der Waals surface area contributed by atoms with Crippen LogP contribution < -0.4 is 14.2 Å². The van der Waals surface area contributed by atoms with E-state index < -0.39 is 23.9 Å². The van der Waals surface area contributed by atoms with Gasteiger partial charge in [0.2, 0.25) is 5.75 Å². The van der Waals surface area contributed by atoms with E-state index in [0.29, 0.717) is 28.4 Å². The van der Waals surface area contributed by atoms with Gasteiger partial charge < -0.3 is 24.1 Å². The van der Waals surface area contributed by atoms with Gasteiger partial charge in [-0.05, 0) is 28.5 Å². The molecule has 0 aromatic heterocycles. The number of carbonyl (C=O) groups excluding carboxylic acids is 2. The Morgan fingerprint density at radius 3 is 2.31 bits per heavy atom. The number of esters is 1. The third kappa shape index (κ3) is 3.65. The summed E-state index contributed by atoms with van der Waals surface area (Å²) in [6.07, 6.45) is -1.30. The number of fused-ring (bicyclic) bond motifs is 1. The van der Waals surface area contributed by atoms with Crippen LogP contribution in [0.25, 0.3) is 10.8 Å². The molecule has 7 heteroatoms. The topological polar surface area (TPSA) is 91.3 Å². The number of methoxy groups -OCH3 is 3. The number of Topliss-reactive ketones (excluding diaryl/α,β-unsaturated/α-hetero) is 1. The summed E-state index contributed by atoms with van der Waals surface area (Å²) in [5.41, 5.74) is 0.854. The Morgan fingerprint density at radius 2 is 1.66 bits per heavy atom. The van der Waals surface area contributed by atoms with Crippen LogP contribution >= 0.6 is 0 Å². The zero-order valence-corrected chi connectivity index (χ0v) is 18.0. The van der Waals surface area contributed by atoms with E-state index in [1.165, 1.54) is 21.3 Å². The Labute approximate surface area is 185 Å². The number of aliphatic hydroxyl groups is 1. The highest BCUT2D eigenvalue weighted by atomic mass is 16.5. The lowest BCUT2D eigenvalue weighted by molar-refractivity contribution is -0.144. The number of carbonyl (C=O) groups is 2. The lowest BCUT2D eigenvalue weighted by Gasteiger charge is -2.22. The van der Waals surface area contributed by atoms with Gasteiger partial charge in [0, 0.05) is 5.56 Å². The van der Waals surface area contributed by atoms with Crippen LogP contribution in [0.5, 0.6) is 17.2 Å². The molecule has 166 valence electrons. The minimum Gasteiger partial charge on any atom is -0.493 e. The summed E-state index contributed by atoms with van der Waals surface area (Å²) in [6, 6.07) is 16.1. The largest absolute Gasteiger partial charge is 0.493 e. The number of aliphatic hydroxyl groups excluding tert-OH is 1. The van der Waals surface area contributed by atoms with Crippen molar-refractivity contribution in [2.75, 3.05) is 27.9 Å². The molecule has 7 nitrogen and oxygen atoms in total. The summed E-state index contributed by atoms with van der Waals surface area (Å²) in [6.45, 7) is -0.0902. The van der Waals surface area contributed by atoms with E-state index in [4.69, 9.17) is 18.9 Å². The Hall–Kier alpha value is -3.58. The predicted molar refractivity (Wildman–Crippen MR) is 117 cm³/mol. The van der Waals surface area contributed by atoms with E-state index in [9.17, 15) is 14.7 Å². The van der Waals surface area contributed by atoms with Crippen LogP contribution in [-0.4, -0.2) is 44.8 Å². The summed E-state index contributed by atoms with van der Waals surface area (Å²) in [4.78, 5) is 26.1. The minimum atomic E-state index is -1.30. The molecule has 0 aliphatic carbocycles. The van der Waals surface area contributed by atoms with Gasteiger partial charge >= 0.3 is 5.97 Å². The molecule has 0 bridgehead atoms. The molecular weight excluding hydrogens is 412 g/mol. The molecule has 32 heavy (non-hydrogen) atoms. The zero-order chi connectivity index (χ0) is 22.8. The fourth-order valence-corrected chi connectivity index (χ4v) is 4.24. The standard InChI is InChI=1S/C25H24O7/c1-29-19-11-15(12-20(30-2)24(19)31-3)22(26)21-18(13-32-25(21)28)23(27)17-10-6-8-14-7-4-5-9-16(14)17/h4-12,18,21-22,26H,13H2,1-3H3/t18-,21-,22?/m1/s1. The molecule has 1 aliphatic rings. The van der Waals surface area contributed by atoms with Gasteiger partial charge in [0.15, 0.2) is 17.3 Å². The Morgan fingerprint density at radius 1 is 1.00 bits per heavy atom. The third-order valence-electron chi connectivity index (χ3n) is 5.87. The second kappa shape index (κ2) is 8.88. The van der Waals surface area contributed by atoms with Gasteiger partial charge in [-0.1, -0.05) is 42.5 Å². The van der Waals surface area contributed by atoms with Crippen molar-refractivity contribution in [1.82, 2.24) is 0 Å². The number of hydrogen-bond acceptors (Lipinski definition) is 7. The highest BCUT2D eigenvalue weighted by Gasteiger charge is 2.47. The van der Waals surface area contributed by atoms with Crippen molar-refractivity contribution in [3.05, 3.63) is 65.7 Å². The molecule has 1 heterocycles. The fourth-order valence-electron chi connectivity index (χ4n) is 4.24. The number of rotatable bonds is 7. The predicted octanol–water partition coefficient (Wildman–Crippen LogP) is 3.57. The van der Waals surface area contributed by atoms with Gasteiger partial charge in [-0.25, -0.2) is 0 Å². The number of hydrogen-bond donors (Lipinski definition) is 1. The SMILES string of the molecule is COc1cc(C(O)[C@@H]2C(=O)OC[C@H]2C(=O)c2cccc3ccccc23)cc(OC)c1OC. The average molecular weight is 436 g/mol. The maximum Gasteiger partial charge on any atom is 0.312 e. The van der Waals surface area contributed by atoms with Crippen LogP contribution in [0, 0.1) is 11.8 Å². The molecule has 3 atom stereocenters. The van der Waals surface area contributed by atoms with E-state index in [1.54, 1.807) is 24.3 Å². The van der Waals surface area contributed by atoms with Gasteiger partial charge in [0.25, 0.3) is 0 Å². The van der Waals surface area contributed by atoms with Crippen molar-refractivity contribution in [1.29, 1.82) is 0 Å². The zero-order valence-electron chi connectivity index (χ0n) is 18.0. The first-order valence-electron chi connectivity index (χ1n) is 10.2. The van der Waals surface area contributed by atoms with Crippen molar-refractivity contribution in [3.63, 3.8) is 0 Å². The molecule has 0 amide bonds. The average Bonchev–Trinajstić information content (AvgIpc) is 3.22. The van der Waals surface area contributed by atoms with Gasteiger partial charge in [-0.3, -0.25) is 9.59 Å². The van der Waals surface area contributed by atoms with Gasteiger partial charge in [0.05, 0.1) is 33.4 Å². The second-order valence-corrected chi connectivity index (χ2v) is 7.56. The molecule has 1 fully saturated rings. The summed E-state index contributed by atoms with van der Waals surface area (Å²) in [5, 5.41) is 12.9. The first-order chi connectivity index (χ1) is 15.5. The first-order valence-corrected chi connectivity index (χ1v) is 10.2. The molecule has 1 unspecified atom stereocenters. The fraction of sp³-hybridized carbons (Fsp3) is 0.280. The summed E-state index contributed by atoms with van der Waals surface area (Å²) in [5.74, 6) is -1.72. The Kier molecular flexibility index (Phi) is 6.01. The lowest BCUT2D eigenvalue weighted by Crippen LogP contribution is -2.29. The molecule has 0 spiro atoms. The Balaban J connectivity index is 1.72. The van der Waals surface area contributed by atoms with E-state index in [0.717, 1.165) is 10.8 Å². The molecule has 3 aromatic carbocycles. The monoisotopic (exact) mass is 436 g/mol. The molecule has 1 saturated heterocycles. The lowest BCUT2D eigenvalue weighted by atomic mass is 9.81. The number of benzene rings is 3. The first kappa shape index (κ1) is 21.6. The van der Waals surface area contributed by atoms with Crippen molar-refractivity contribution in [2.24, 2.45) is 11.8 Å². The van der Waals surface area contributed by atoms with E-state index in [1.807, 2.05) is 30.3 Å². The molecule has 1 N–H and O–H groups in total. The van der Waals surface area contributed by atoms with Gasteiger partial charge in [-0.2, -0.15) is 0 Å². The van der Waals surface area contributed by atoms with E-state index in [-0.39, 0.29) is 12.4 Å². The van der Waals surface area contributed by atoms with Crippen LogP contribution in [0.2, 0.25) is 0 Å². The van der Waals surface area contributed by atoms with Gasteiger partial charge in [-0.15, -0.1) is 0 Å². The molecule has 1 aliphatic heterocycles. The van der Waals surface area contributed by atoms with Crippen molar-refractivity contribution in [2.45, 2.75) is 6.10 Å². The van der Waals surface area contributed by atoms with Crippen molar-refractivity contribution in [3.8, 4) is 17.2 Å². The van der Waals surface area contributed by atoms with E-state index in [2.05, 4.69) is 0 Å². The van der Waals surface area contributed by atoms with Crippen molar-refractivity contribution >= 4 is 22.5 Å². The Bertz CT molecular complexity index is 1140. The highest BCUT2D eigenvalue weighted by Crippen LogP contribution is 2.43. The summed E-state index contributed by atoms with van der Waals surface area (Å²) in [7, 11) is 4.40. The highest BCUT2D eigenvalue weighted by molar-refractivity contribution is 6.10. The second-order valence-electron chi connectivity index (χ2n) is 7.56. The summed E-state index contributed by atoms with van der Waals surface area (Å²) < 4.78 is 21.3. The van der Waals surface area contributed by atoms with Crippen molar-refractivity contribution < 1.29 is 33.6 Å². The maximum absolute atomic E-state index is 13.5. The molecule has 4 rings (SSSR count). The minimum absolute atomic E-state index is 0.0902. The molecule has 0 radical (unpaired) electrons. The molecule has 0 saturated carbocycles. The normalized spacial score (nSPS) is 18.8. The molecule has 3 aromatic rings. The van der Waals surface area contributed by atoms with Crippen LogP contribution in [0.15, 0.2) is 54.6 Å². The maximum atomic E-state index is 13.5. The third-order valence-corrected chi connectivity index (χ3v) is 5.87.